The van der Waals surface area contributed by atoms with Gasteiger partial charge in [-0.15, -0.1) is 0 Å². The molecule has 0 fully saturated rings. The molecule has 1 atom stereocenters. The quantitative estimate of drug-likeness (QED) is 0.907. The molecule has 1 aromatic carbocycles. The van der Waals surface area contributed by atoms with Crippen molar-refractivity contribution in [2.24, 2.45) is 7.05 Å². The molecule has 20 heavy (non-hydrogen) atoms. The molecule has 1 N–H and O–H groups in total. The van der Waals surface area contributed by atoms with E-state index in [-0.39, 0.29) is 6.04 Å². The standard InChI is InChI=1S/C16H20N4/c1-4-15-9-16(20(3)19-15)11-18-12(2)14-7-5-13(10-17)6-8-14/h5-9,12,18H,4,11H2,1-3H3. The van der Waals surface area contributed by atoms with Crippen molar-refractivity contribution >= 4 is 0 Å². The Labute approximate surface area is 120 Å². The Bertz CT molecular complexity index is 604. The van der Waals surface area contributed by atoms with E-state index in [4.69, 9.17) is 5.26 Å². The topological polar surface area (TPSA) is 53.6 Å². The van der Waals surface area contributed by atoms with Gasteiger partial charge in [-0.05, 0) is 37.1 Å². The zero-order valence-electron chi connectivity index (χ0n) is 12.2. The molecule has 4 heteroatoms. The third-order valence-electron chi connectivity index (χ3n) is 3.52. The van der Waals surface area contributed by atoms with Gasteiger partial charge in [0.05, 0.1) is 23.0 Å². The van der Waals surface area contributed by atoms with E-state index in [9.17, 15) is 0 Å². The van der Waals surface area contributed by atoms with Crippen LogP contribution in [-0.4, -0.2) is 9.78 Å². The number of rotatable bonds is 5. The first-order valence-corrected chi connectivity index (χ1v) is 6.89. The average Bonchev–Trinajstić information content (AvgIpc) is 2.85. The van der Waals surface area contributed by atoms with Crippen LogP contribution in [0.15, 0.2) is 30.3 Å². The Morgan fingerprint density at radius 3 is 2.60 bits per heavy atom. The van der Waals surface area contributed by atoms with Crippen LogP contribution in [0.5, 0.6) is 0 Å². The van der Waals surface area contributed by atoms with Crippen molar-refractivity contribution in [3.8, 4) is 6.07 Å². The van der Waals surface area contributed by atoms with Gasteiger partial charge < -0.3 is 5.32 Å². The van der Waals surface area contributed by atoms with Crippen LogP contribution in [0.4, 0.5) is 0 Å². The minimum atomic E-state index is 0.239. The van der Waals surface area contributed by atoms with E-state index < -0.39 is 0 Å². The summed E-state index contributed by atoms with van der Waals surface area (Å²) in [5.41, 5.74) is 4.18. The van der Waals surface area contributed by atoms with Crippen LogP contribution < -0.4 is 5.32 Å². The van der Waals surface area contributed by atoms with E-state index in [1.165, 1.54) is 11.3 Å². The molecule has 0 amide bonds. The number of aromatic nitrogens is 2. The molecule has 0 saturated carbocycles. The van der Waals surface area contributed by atoms with E-state index in [0.29, 0.717) is 5.56 Å². The van der Waals surface area contributed by atoms with Crippen LogP contribution in [0.25, 0.3) is 0 Å². The Balaban J connectivity index is 1.98. The van der Waals surface area contributed by atoms with Crippen molar-refractivity contribution < 1.29 is 0 Å². The summed E-state index contributed by atoms with van der Waals surface area (Å²) < 4.78 is 1.93. The second kappa shape index (κ2) is 6.36. The normalized spacial score (nSPS) is 12.1. The summed E-state index contributed by atoms with van der Waals surface area (Å²) >= 11 is 0. The van der Waals surface area contributed by atoms with Crippen molar-refractivity contribution in [2.75, 3.05) is 0 Å². The van der Waals surface area contributed by atoms with Gasteiger partial charge in [0.2, 0.25) is 0 Å². The van der Waals surface area contributed by atoms with Crippen LogP contribution in [0.2, 0.25) is 0 Å². The van der Waals surface area contributed by atoms with E-state index in [0.717, 1.165) is 18.7 Å². The van der Waals surface area contributed by atoms with Gasteiger partial charge in [0.15, 0.2) is 0 Å². The lowest BCUT2D eigenvalue weighted by molar-refractivity contribution is 0.548. The first-order chi connectivity index (χ1) is 9.63. The Morgan fingerprint density at radius 2 is 2.05 bits per heavy atom. The first-order valence-electron chi connectivity index (χ1n) is 6.89. The van der Waals surface area contributed by atoms with E-state index >= 15 is 0 Å². The summed E-state index contributed by atoms with van der Waals surface area (Å²) in [4.78, 5) is 0. The van der Waals surface area contributed by atoms with Gasteiger partial charge in [-0.25, -0.2) is 0 Å². The predicted octanol–water partition coefficient (Wildman–Crippen LogP) is 2.70. The van der Waals surface area contributed by atoms with Crippen molar-refractivity contribution in [1.82, 2.24) is 15.1 Å². The Morgan fingerprint density at radius 1 is 1.35 bits per heavy atom. The maximum absolute atomic E-state index is 8.80. The molecule has 1 heterocycles. The molecule has 1 aromatic heterocycles. The van der Waals surface area contributed by atoms with E-state index in [1.807, 2.05) is 36.0 Å². The summed E-state index contributed by atoms with van der Waals surface area (Å²) in [7, 11) is 1.97. The molecular weight excluding hydrogens is 248 g/mol. The lowest BCUT2D eigenvalue weighted by Gasteiger charge is -2.14. The molecule has 0 aliphatic carbocycles. The number of nitrogens with zero attached hydrogens (tertiary/aromatic N) is 3. The van der Waals surface area contributed by atoms with Crippen LogP contribution >= 0.6 is 0 Å². The van der Waals surface area contributed by atoms with Crippen molar-refractivity contribution in [2.45, 2.75) is 32.9 Å². The highest BCUT2D eigenvalue weighted by Crippen LogP contribution is 2.14. The van der Waals surface area contributed by atoms with E-state index in [1.54, 1.807) is 0 Å². The Hall–Kier alpha value is -2.12. The number of benzene rings is 1. The highest BCUT2D eigenvalue weighted by Gasteiger charge is 2.08. The van der Waals surface area contributed by atoms with Gasteiger partial charge in [-0.3, -0.25) is 4.68 Å². The molecular formula is C16H20N4. The molecule has 0 aliphatic heterocycles. The third-order valence-corrected chi connectivity index (χ3v) is 3.52. The number of hydrogen-bond donors (Lipinski definition) is 1. The molecule has 0 radical (unpaired) electrons. The van der Waals surface area contributed by atoms with Crippen molar-refractivity contribution in [3.05, 3.63) is 52.8 Å². The molecule has 2 rings (SSSR count). The highest BCUT2D eigenvalue weighted by atomic mass is 15.3. The second-order valence-electron chi connectivity index (χ2n) is 4.94. The van der Waals surface area contributed by atoms with E-state index in [2.05, 4.69) is 36.4 Å². The van der Waals surface area contributed by atoms with Gasteiger partial charge in [0, 0.05) is 19.6 Å². The van der Waals surface area contributed by atoms with Gasteiger partial charge >= 0.3 is 0 Å². The fourth-order valence-corrected chi connectivity index (χ4v) is 2.13. The Kier molecular flexibility index (Phi) is 4.54. The summed E-state index contributed by atoms with van der Waals surface area (Å²) in [5.74, 6) is 0. The fourth-order valence-electron chi connectivity index (χ4n) is 2.13. The molecule has 0 spiro atoms. The second-order valence-corrected chi connectivity index (χ2v) is 4.94. The van der Waals surface area contributed by atoms with Gasteiger partial charge in [0.1, 0.15) is 0 Å². The summed E-state index contributed by atoms with van der Waals surface area (Å²) in [6.45, 7) is 5.02. The van der Waals surface area contributed by atoms with Gasteiger partial charge in [0.25, 0.3) is 0 Å². The average molecular weight is 268 g/mol. The number of hydrogen-bond acceptors (Lipinski definition) is 3. The molecule has 1 unspecified atom stereocenters. The maximum Gasteiger partial charge on any atom is 0.0991 e. The lowest BCUT2D eigenvalue weighted by Crippen LogP contribution is -2.19. The number of nitriles is 1. The molecule has 104 valence electrons. The zero-order chi connectivity index (χ0) is 14.5. The fraction of sp³-hybridized carbons (Fsp3) is 0.375. The summed E-state index contributed by atoms with van der Waals surface area (Å²) in [6, 6.07) is 12.2. The molecule has 0 aliphatic rings. The van der Waals surface area contributed by atoms with Crippen LogP contribution in [-0.2, 0) is 20.0 Å². The summed E-state index contributed by atoms with van der Waals surface area (Å²) in [6.07, 6.45) is 0.957. The highest BCUT2D eigenvalue weighted by molar-refractivity contribution is 5.32. The third kappa shape index (κ3) is 3.25. The first kappa shape index (κ1) is 14.3. The predicted molar refractivity (Wildman–Crippen MR) is 79.0 cm³/mol. The minimum Gasteiger partial charge on any atom is -0.305 e. The molecule has 0 bridgehead atoms. The van der Waals surface area contributed by atoms with Gasteiger partial charge in [-0.1, -0.05) is 19.1 Å². The minimum absolute atomic E-state index is 0.239. The largest absolute Gasteiger partial charge is 0.305 e. The zero-order valence-corrected chi connectivity index (χ0v) is 12.2. The van der Waals surface area contributed by atoms with Crippen LogP contribution in [0.3, 0.4) is 0 Å². The molecule has 4 nitrogen and oxygen atoms in total. The van der Waals surface area contributed by atoms with Crippen molar-refractivity contribution in [1.29, 1.82) is 5.26 Å². The number of nitrogens with one attached hydrogen (secondary N) is 1. The maximum atomic E-state index is 8.80. The van der Waals surface area contributed by atoms with Crippen LogP contribution in [0.1, 0.15) is 42.4 Å². The summed E-state index contributed by atoms with van der Waals surface area (Å²) in [5, 5.41) is 16.7. The monoisotopic (exact) mass is 268 g/mol. The lowest BCUT2D eigenvalue weighted by atomic mass is 10.1. The number of aryl methyl sites for hydroxylation is 2. The van der Waals surface area contributed by atoms with Gasteiger partial charge in [-0.2, -0.15) is 10.4 Å². The van der Waals surface area contributed by atoms with Crippen molar-refractivity contribution in [3.63, 3.8) is 0 Å². The SMILES string of the molecule is CCc1cc(CNC(C)c2ccc(C#N)cc2)n(C)n1. The van der Waals surface area contributed by atoms with Crippen LogP contribution in [0, 0.1) is 11.3 Å². The smallest absolute Gasteiger partial charge is 0.0991 e. The molecule has 2 aromatic rings. The molecule has 0 saturated heterocycles.